The number of carbonyl (C=O) groups excluding carboxylic acids is 3. The second kappa shape index (κ2) is 10.4. The highest BCUT2D eigenvalue weighted by Crippen LogP contribution is 2.37. The zero-order valence-electron chi connectivity index (χ0n) is 20.0. The van der Waals surface area contributed by atoms with Crippen molar-refractivity contribution in [3.05, 3.63) is 23.8 Å². The fraction of sp³-hybridized carbons (Fsp3) is 0.609. The van der Waals surface area contributed by atoms with E-state index in [1.165, 1.54) is 0 Å². The first kappa shape index (κ1) is 25.9. The van der Waals surface area contributed by atoms with Gasteiger partial charge in [-0.2, -0.15) is 13.2 Å². The smallest absolute Gasteiger partial charge is 0.350 e. The zero-order valence-corrected chi connectivity index (χ0v) is 20.0. The lowest BCUT2D eigenvalue weighted by Gasteiger charge is -2.27. The van der Waals surface area contributed by atoms with Gasteiger partial charge in [0.2, 0.25) is 17.7 Å². The minimum absolute atomic E-state index is 0.00775. The summed E-state index contributed by atoms with van der Waals surface area (Å²) in [7, 11) is 1.74. The summed E-state index contributed by atoms with van der Waals surface area (Å²) < 4.78 is 42.1. The van der Waals surface area contributed by atoms with Crippen LogP contribution in [0, 0.1) is 5.92 Å². The van der Waals surface area contributed by atoms with E-state index in [1.807, 2.05) is 0 Å². The van der Waals surface area contributed by atoms with Gasteiger partial charge in [0, 0.05) is 39.6 Å². The van der Waals surface area contributed by atoms with Gasteiger partial charge < -0.3 is 20.9 Å². The van der Waals surface area contributed by atoms with Gasteiger partial charge in [0.1, 0.15) is 11.6 Å². The van der Waals surface area contributed by atoms with Crippen LogP contribution in [0.25, 0.3) is 11.0 Å². The van der Waals surface area contributed by atoms with Crippen molar-refractivity contribution in [2.24, 2.45) is 18.7 Å². The molecule has 0 bridgehead atoms. The fourth-order valence-corrected chi connectivity index (χ4v) is 4.81. The Labute approximate surface area is 205 Å². The molecule has 3 unspecified atom stereocenters. The average molecular weight is 510 g/mol. The van der Waals surface area contributed by atoms with Crippen LogP contribution in [0.1, 0.15) is 37.7 Å². The Morgan fingerprint density at radius 2 is 1.94 bits per heavy atom. The summed E-state index contributed by atoms with van der Waals surface area (Å²) in [5.41, 5.74) is 8.10. The lowest BCUT2D eigenvalue weighted by atomic mass is 10.0. The summed E-state index contributed by atoms with van der Waals surface area (Å²) in [6, 6.07) is 2.80. The van der Waals surface area contributed by atoms with E-state index in [9.17, 15) is 27.6 Å². The Bertz CT molecular complexity index is 1130. The molecular formula is C23H30F3N7O3. The number of hydrogen-bond acceptors (Lipinski definition) is 6. The number of aryl methyl sites for hydroxylation is 1. The van der Waals surface area contributed by atoms with E-state index in [0.29, 0.717) is 24.2 Å². The van der Waals surface area contributed by atoms with Crippen molar-refractivity contribution in [1.29, 1.82) is 0 Å². The van der Waals surface area contributed by atoms with Gasteiger partial charge in [-0.3, -0.25) is 14.4 Å². The highest BCUT2D eigenvalue weighted by atomic mass is 19.4. The van der Waals surface area contributed by atoms with Gasteiger partial charge in [-0.25, -0.2) is 4.68 Å². The highest BCUT2D eigenvalue weighted by Gasteiger charge is 2.51. The number of amides is 3. The number of nitrogens with one attached hydrogen (secondary N) is 1. The third-order valence-corrected chi connectivity index (χ3v) is 6.94. The van der Waals surface area contributed by atoms with Crippen molar-refractivity contribution in [1.82, 2.24) is 30.1 Å². The molecule has 0 saturated carbocycles. The molecule has 2 aliphatic rings. The van der Waals surface area contributed by atoms with Crippen LogP contribution in [0.5, 0.6) is 0 Å². The highest BCUT2D eigenvalue weighted by molar-refractivity contribution is 5.91. The average Bonchev–Trinajstić information content (AvgIpc) is 3.60. The van der Waals surface area contributed by atoms with E-state index in [-0.39, 0.29) is 25.3 Å². The first-order valence-corrected chi connectivity index (χ1v) is 12.0. The molecule has 2 fully saturated rings. The monoisotopic (exact) mass is 509 g/mol. The molecular weight excluding hydrogens is 479 g/mol. The molecule has 2 aromatic rings. The van der Waals surface area contributed by atoms with Crippen LogP contribution in [-0.4, -0.2) is 80.4 Å². The SMILES string of the molecule is Cn1nnc2cc(CNC(=O)C3CC(C(F)(F)F)CN3C(=O)C(N)CCC(=O)N3CCCC3)ccc21. The Morgan fingerprint density at radius 1 is 1.22 bits per heavy atom. The van der Waals surface area contributed by atoms with Gasteiger partial charge in [0.25, 0.3) is 0 Å². The zero-order chi connectivity index (χ0) is 26.0. The molecule has 4 rings (SSSR count). The number of fused-ring (bicyclic) bond motifs is 1. The number of carbonyl (C=O) groups is 3. The maximum absolute atomic E-state index is 13.5. The number of aromatic nitrogens is 3. The molecule has 1 aromatic carbocycles. The molecule has 13 heteroatoms. The molecule has 0 aliphatic carbocycles. The molecule has 10 nitrogen and oxygen atoms in total. The predicted octanol–water partition coefficient (Wildman–Crippen LogP) is 1.09. The number of nitrogens with two attached hydrogens (primary N) is 1. The Hall–Kier alpha value is -3.22. The van der Waals surface area contributed by atoms with Crippen LogP contribution in [0.4, 0.5) is 13.2 Å². The number of likely N-dealkylation sites (tertiary alicyclic amines) is 2. The topological polar surface area (TPSA) is 126 Å². The summed E-state index contributed by atoms with van der Waals surface area (Å²) >= 11 is 0. The molecule has 1 aromatic heterocycles. The lowest BCUT2D eigenvalue weighted by Crippen LogP contribution is -2.51. The number of rotatable bonds is 7. The van der Waals surface area contributed by atoms with E-state index < -0.39 is 49.0 Å². The minimum Gasteiger partial charge on any atom is -0.350 e. The van der Waals surface area contributed by atoms with Gasteiger partial charge in [-0.1, -0.05) is 11.3 Å². The van der Waals surface area contributed by atoms with Crippen LogP contribution in [-0.2, 0) is 28.0 Å². The van der Waals surface area contributed by atoms with Crippen molar-refractivity contribution < 1.29 is 27.6 Å². The number of nitrogens with zero attached hydrogens (tertiary/aromatic N) is 5. The van der Waals surface area contributed by atoms with Crippen LogP contribution < -0.4 is 11.1 Å². The lowest BCUT2D eigenvalue weighted by molar-refractivity contribution is -0.171. The summed E-state index contributed by atoms with van der Waals surface area (Å²) in [4.78, 5) is 40.8. The quantitative estimate of drug-likeness (QED) is 0.576. The molecule has 3 N–H and O–H groups in total. The number of alkyl halides is 3. The standard InChI is InChI=1S/C23H30F3N7O3/c1-31-18-6-4-14(10-17(18)29-30-31)12-28-21(35)19-11-15(23(24,25)26)13-33(19)22(36)16(27)5-7-20(34)32-8-2-3-9-32/h4,6,10,15-16,19H,2-3,5,7-9,11-13,27H2,1H3,(H,28,35). The summed E-state index contributed by atoms with van der Waals surface area (Å²) in [6.45, 7) is 0.734. The molecule has 3 atom stereocenters. The van der Waals surface area contributed by atoms with Crippen molar-refractivity contribution in [2.75, 3.05) is 19.6 Å². The second-order valence-electron chi connectivity index (χ2n) is 9.47. The first-order chi connectivity index (χ1) is 17.0. The van der Waals surface area contributed by atoms with Crippen molar-refractivity contribution in [2.45, 2.75) is 56.9 Å². The van der Waals surface area contributed by atoms with Crippen LogP contribution in [0.15, 0.2) is 18.2 Å². The molecule has 36 heavy (non-hydrogen) atoms. The largest absolute Gasteiger partial charge is 0.393 e. The normalized spacial score (nSPS) is 21.2. The Kier molecular flexibility index (Phi) is 7.48. The van der Waals surface area contributed by atoms with Gasteiger partial charge in [-0.15, -0.1) is 5.10 Å². The number of hydrogen-bond donors (Lipinski definition) is 2. The van der Waals surface area contributed by atoms with Crippen LogP contribution in [0.2, 0.25) is 0 Å². The van der Waals surface area contributed by atoms with Gasteiger partial charge in [0.15, 0.2) is 0 Å². The van der Waals surface area contributed by atoms with E-state index in [0.717, 1.165) is 23.3 Å². The van der Waals surface area contributed by atoms with Crippen molar-refractivity contribution >= 4 is 28.8 Å². The van der Waals surface area contributed by atoms with Gasteiger partial charge in [0.05, 0.1) is 17.5 Å². The first-order valence-electron chi connectivity index (χ1n) is 12.0. The number of halogens is 3. The molecule has 0 radical (unpaired) electrons. The molecule has 2 aliphatic heterocycles. The summed E-state index contributed by atoms with van der Waals surface area (Å²) in [6.07, 6.45) is -3.21. The molecule has 3 heterocycles. The Morgan fingerprint density at radius 3 is 2.64 bits per heavy atom. The fourth-order valence-electron chi connectivity index (χ4n) is 4.81. The van der Waals surface area contributed by atoms with E-state index in [4.69, 9.17) is 5.73 Å². The van der Waals surface area contributed by atoms with E-state index >= 15 is 0 Å². The predicted molar refractivity (Wildman–Crippen MR) is 123 cm³/mol. The molecule has 3 amide bonds. The third kappa shape index (κ3) is 5.61. The molecule has 2 saturated heterocycles. The number of benzene rings is 1. The van der Waals surface area contributed by atoms with Crippen LogP contribution in [0.3, 0.4) is 0 Å². The molecule has 0 spiro atoms. The maximum Gasteiger partial charge on any atom is 0.393 e. The maximum atomic E-state index is 13.5. The second-order valence-corrected chi connectivity index (χ2v) is 9.47. The van der Waals surface area contributed by atoms with E-state index in [1.54, 1.807) is 34.8 Å². The summed E-state index contributed by atoms with van der Waals surface area (Å²) in [5.74, 6) is -3.39. The third-order valence-electron chi connectivity index (χ3n) is 6.94. The summed E-state index contributed by atoms with van der Waals surface area (Å²) in [5, 5.41) is 10.6. The minimum atomic E-state index is -4.56. The van der Waals surface area contributed by atoms with Crippen LogP contribution >= 0.6 is 0 Å². The van der Waals surface area contributed by atoms with Gasteiger partial charge in [-0.05, 0) is 43.4 Å². The van der Waals surface area contributed by atoms with Crippen molar-refractivity contribution in [3.63, 3.8) is 0 Å². The van der Waals surface area contributed by atoms with Crippen molar-refractivity contribution in [3.8, 4) is 0 Å². The van der Waals surface area contributed by atoms with Gasteiger partial charge >= 0.3 is 6.18 Å². The Balaban J connectivity index is 1.40. The van der Waals surface area contributed by atoms with E-state index in [2.05, 4.69) is 15.6 Å². The molecule has 196 valence electrons.